The van der Waals surface area contributed by atoms with Gasteiger partial charge in [-0.25, -0.2) is 10.0 Å². The molecule has 1 aliphatic heterocycles. The third-order valence-corrected chi connectivity index (χ3v) is 8.19. The number of amides is 2. The van der Waals surface area contributed by atoms with Gasteiger partial charge in [0, 0.05) is 37.8 Å². The Morgan fingerprint density at radius 2 is 1.78 bits per heavy atom. The topological polar surface area (TPSA) is 56.4 Å². The Balaban J connectivity index is 1.57. The Hall–Kier alpha value is -2.40. The van der Waals surface area contributed by atoms with Gasteiger partial charge in [-0.2, -0.15) is 0 Å². The lowest BCUT2D eigenvalue weighted by molar-refractivity contribution is -0.154. The molecule has 2 fully saturated rings. The molecule has 2 aliphatic carbocycles. The van der Waals surface area contributed by atoms with E-state index in [4.69, 9.17) is 0 Å². The summed E-state index contributed by atoms with van der Waals surface area (Å²) in [5.74, 6) is 0.441. The first-order valence-corrected chi connectivity index (χ1v) is 12.0. The van der Waals surface area contributed by atoms with Crippen LogP contribution in [0.1, 0.15) is 74.4 Å². The second-order valence-electron chi connectivity index (χ2n) is 11.3. The smallest absolute Gasteiger partial charge is 0.252 e. The molecular weight excluding hydrogens is 398 g/mol. The zero-order valence-corrected chi connectivity index (χ0v) is 19.9. The Morgan fingerprint density at radius 1 is 1.06 bits per heavy atom. The van der Waals surface area contributed by atoms with E-state index in [-0.39, 0.29) is 35.0 Å². The lowest BCUT2D eigenvalue weighted by atomic mass is 9.57. The van der Waals surface area contributed by atoms with Gasteiger partial charge in [-0.15, -0.1) is 0 Å². The Labute approximate surface area is 191 Å². The van der Waals surface area contributed by atoms with Gasteiger partial charge < -0.3 is 4.98 Å². The van der Waals surface area contributed by atoms with Gasteiger partial charge in [0.05, 0.1) is 11.8 Å². The van der Waals surface area contributed by atoms with Crippen LogP contribution < -0.4 is 0 Å². The van der Waals surface area contributed by atoms with Gasteiger partial charge in [-0.1, -0.05) is 51.1 Å². The normalized spacial score (nSPS) is 29.8. The molecule has 1 aromatic heterocycles. The number of benzene rings is 1. The second kappa shape index (κ2) is 7.58. The standard InChI is InChI=1S/C27H35N3O2/c1-27(2,3)17-11-12-19-20(14-17)22-23(26(32)30(25(22)31)29(4)5)21-15-18(28-24(19)21)13-16-9-7-6-8-10-16/h6-10,15,17,19-20,22-23,28H,11-14H2,1-5H3/t17?,19-,20+,22+,23-/m1/s1. The van der Waals surface area contributed by atoms with Crippen LogP contribution in [0.4, 0.5) is 0 Å². The summed E-state index contributed by atoms with van der Waals surface area (Å²) in [5, 5.41) is 3.06. The molecule has 1 saturated heterocycles. The lowest BCUT2D eigenvalue weighted by Gasteiger charge is -2.46. The van der Waals surface area contributed by atoms with E-state index in [1.54, 1.807) is 19.1 Å². The fourth-order valence-corrected chi connectivity index (χ4v) is 6.60. The Bertz CT molecular complexity index is 1030. The summed E-state index contributed by atoms with van der Waals surface area (Å²) in [4.78, 5) is 30.8. The molecule has 1 N–H and O–H groups in total. The van der Waals surface area contributed by atoms with E-state index in [1.165, 1.54) is 22.7 Å². The fourth-order valence-electron chi connectivity index (χ4n) is 6.60. The van der Waals surface area contributed by atoms with Crippen LogP contribution in [0.5, 0.6) is 0 Å². The maximum atomic E-state index is 13.6. The predicted molar refractivity (Wildman–Crippen MR) is 125 cm³/mol. The summed E-state index contributed by atoms with van der Waals surface area (Å²) < 4.78 is 0. The number of imide groups is 1. The molecule has 2 amide bonds. The maximum absolute atomic E-state index is 13.6. The van der Waals surface area contributed by atoms with Gasteiger partial charge in [0.2, 0.25) is 5.91 Å². The van der Waals surface area contributed by atoms with Crippen molar-refractivity contribution in [1.82, 2.24) is 15.0 Å². The van der Waals surface area contributed by atoms with Crippen LogP contribution in [0.2, 0.25) is 0 Å². The molecule has 0 bridgehead atoms. The molecule has 170 valence electrons. The molecule has 2 aromatic rings. The van der Waals surface area contributed by atoms with Crippen molar-refractivity contribution in [2.45, 2.75) is 58.3 Å². The molecule has 5 nitrogen and oxygen atoms in total. The highest BCUT2D eigenvalue weighted by atomic mass is 16.2. The number of hydrogen-bond donors (Lipinski definition) is 1. The fraction of sp³-hybridized carbons (Fsp3) is 0.556. The van der Waals surface area contributed by atoms with Crippen LogP contribution in [0, 0.1) is 23.2 Å². The third kappa shape index (κ3) is 3.33. The first-order chi connectivity index (χ1) is 15.2. The van der Waals surface area contributed by atoms with Crippen molar-refractivity contribution in [2.75, 3.05) is 14.1 Å². The van der Waals surface area contributed by atoms with Crippen LogP contribution in [0.3, 0.4) is 0 Å². The van der Waals surface area contributed by atoms with Crippen molar-refractivity contribution in [1.29, 1.82) is 0 Å². The SMILES string of the molecule is CN(C)N1C(=O)[C@H]2[C@H]3CC(C(C)(C)C)CC[C@H]3c3[nH]c(Cc4ccccc4)cc3[C@H]2C1=O. The van der Waals surface area contributed by atoms with Gasteiger partial charge >= 0.3 is 0 Å². The van der Waals surface area contributed by atoms with E-state index in [9.17, 15) is 9.59 Å². The van der Waals surface area contributed by atoms with Crippen molar-refractivity contribution in [3.05, 3.63) is 58.9 Å². The lowest BCUT2D eigenvalue weighted by Crippen LogP contribution is -2.44. The van der Waals surface area contributed by atoms with Gasteiger partial charge in [0.1, 0.15) is 0 Å². The molecule has 5 heteroatoms. The van der Waals surface area contributed by atoms with Crippen molar-refractivity contribution >= 4 is 11.8 Å². The van der Waals surface area contributed by atoms with Crippen LogP contribution in [-0.4, -0.2) is 40.9 Å². The van der Waals surface area contributed by atoms with Crippen molar-refractivity contribution in [3.63, 3.8) is 0 Å². The summed E-state index contributed by atoms with van der Waals surface area (Å²) in [7, 11) is 3.59. The molecule has 32 heavy (non-hydrogen) atoms. The molecule has 0 spiro atoms. The maximum Gasteiger partial charge on any atom is 0.252 e. The summed E-state index contributed by atoms with van der Waals surface area (Å²) in [6.07, 6.45) is 4.08. The number of aromatic nitrogens is 1. The number of nitrogens with one attached hydrogen (secondary N) is 1. The minimum absolute atomic E-state index is 0.00832. The zero-order chi connectivity index (χ0) is 22.8. The van der Waals surface area contributed by atoms with Crippen LogP contribution in [0.25, 0.3) is 0 Å². The minimum atomic E-state index is -0.361. The quantitative estimate of drug-likeness (QED) is 0.713. The largest absolute Gasteiger partial charge is 0.361 e. The average Bonchev–Trinajstić information content (AvgIpc) is 3.26. The van der Waals surface area contributed by atoms with E-state index in [1.807, 2.05) is 6.07 Å². The summed E-state index contributed by atoms with van der Waals surface area (Å²) in [6.45, 7) is 6.93. The molecule has 5 atom stereocenters. The second-order valence-corrected chi connectivity index (χ2v) is 11.3. The first kappa shape index (κ1) is 21.4. The summed E-state index contributed by atoms with van der Waals surface area (Å²) >= 11 is 0. The number of carbonyl (C=O) groups is 2. The van der Waals surface area contributed by atoms with E-state index in [0.29, 0.717) is 11.8 Å². The number of hydrazine groups is 1. The Morgan fingerprint density at radius 3 is 2.44 bits per heavy atom. The molecule has 1 unspecified atom stereocenters. The van der Waals surface area contributed by atoms with Crippen molar-refractivity contribution in [2.24, 2.45) is 23.2 Å². The Kier molecular flexibility index (Phi) is 5.08. The number of nitrogens with zero attached hydrogens (tertiary/aromatic N) is 2. The van der Waals surface area contributed by atoms with Gasteiger partial charge in [0.25, 0.3) is 5.91 Å². The average molecular weight is 434 g/mol. The minimum Gasteiger partial charge on any atom is -0.361 e. The first-order valence-electron chi connectivity index (χ1n) is 12.0. The molecule has 1 saturated carbocycles. The summed E-state index contributed by atoms with van der Waals surface area (Å²) in [5.41, 5.74) is 4.89. The highest BCUT2D eigenvalue weighted by molar-refractivity contribution is 6.08. The number of hydrogen-bond acceptors (Lipinski definition) is 3. The molecule has 2 heterocycles. The molecule has 5 rings (SSSR count). The van der Waals surface area contributed by atoms with E-state index in [0.717, 1.165) is 30.5 Å². The molecule has 1 aromatic carbocycles. The monoisotopic (exact) mass is 433 g/mol. The van der Waals surface area contributed by atoms with Crippen molar-refractivity contribution < 1.29 is 9.59 Å². The zero-order valence-electron chi connectivity index (χ0n) is 19.9. The predicted octanol–water partition coefficient (Wildman–Crippen LogP) is 4.71. The van der Waals surface area contributed by atoms with E-state index >= 15 is 0 Å². The molecule has 3 aliphatic rings. The van der Waals surface area contributed by atoms with E-state index in [2.05, 4.69) is 56.1 Å². The number of rotatable bonds is 3. The van der Waals surface area contributed by atoms with Crippen LogP contribution in [-0.2, 0) is 16.0 Å². The van der Waals surface area contributed by atoms with E-state index < -0.39 is 0 Å². The number of fused-ring (bicyclic) bond motifs is 6. The highest BCUT2D eigenvalue weighted by Crippen LogP contribution is 2.58. The number of H-pyrrole nitrogens is 1. The molecular formula is C27H35N3O2. The van der Waals surface area contributed by atoms with Crippen LogP contribution in [0.15, 0.2) is 36.4 Å². The van der Waals surface area contributed by atoms with Crippen LogP contribution >= 0.6 is 0 Å². The van der Waals surface area contributed by atoms with Gasteiger partial charge in [-0.3, -0.25) is 9.59 Å². The highest BCUT2D eigenvalue weighted by Gasteiger charge is 2.59. The molecule has 0 radical (unpaired) electrons. The van der Waals surface area contributed by atoms with Gasteiger partial charge in [-0.05, 0) is 53.7 Å². The number of aromatic amines is 1. The third-order valence-electron chi connectivity index (χ3n) is 8.19. The summed E-state index contributed by atoms with van der Waals surface area (Å²) in [6, 6.07) is 12.6. The van der Waals surface area contributed by atoms with Gasteiger partial charge in [0.15, 0.2) is 0 Å². The van der Waals surface area contributed by atoms with Crippen molar-refractivity contribution in [3.8, 4) is 0 Å². The number of carbonyl (C=O) groups excluding carboxylic acids is 2.